The average molecular weight is 302 g/mol. The van der Waals surface area contributed by atoms with Crippen LogP contribution in [0.3, 0.4) is 0 Å². The van der Waals surface area contributed by atoms with E-state index >= 15 is 0 Å². The molecule has 0 bridgehead atoms. The molecular weight excluding hydrogens is 290 g/mol. The molecule has 3 rings (SSSR count). The zero-order valence-corrected chi connectivity index (χ0v) is 11.8. The standard InChI is InChI=1S/C17H12F2OS/c18-12-6-5-11(15(19)9-12)10-21-17-8-7-16(20)13-3-1-2-4-14(13)17/h1-9,20H,10H2. The van der Waals surface area contributed by atoms with E-state index in [4.69, 9.17) is 0 Å². The van der Waals surface area contributed by atoms with Gasteiger partial charge in [0.1, 0.15) is 17.4 Å². The SMILES string of the molecule is Oc1ccc(SCc2ccc(F)cc2F)c2ccccc12. The number of hydrogen-bond acceptors (Lipinski definition) is 2. The van der Waals surface area contributed by atoms with Gasteiger partial charge in [-0.1, -0.05) is 30.3 Å². The monoisotopic (exact) mass is 302 g/mol. The Morgan fingerprint density at radius 3 is 2.43 bits per heavy atom. The quantitative estimate of drug-likeness (QED) is 0.678. The molecule has 0 amide bonds. The van der Waals surface area contributed by atoms with Gasteiger partial charge in [-0.2, -0.15) is 0 Å². The fraction of sp³-hybridized carbons (Fsp3) is 0.0588. The summed E-state index contributed by atoms with van der Waals surface area (Å²) in [6, 6.07) is 14.6. The minimum absolute atomic E-state index is 0.225. The van der Waals surface area contributed by atoms with Crippen molar-refractivity contribution in [2.75, 3.05) is 0 Å². The van der Waals surface area contributed by atoms with Crippen molar-refractivity contribution in [1.82, 2.24) is 0 Å². The zero-order valence-electron chi connectivity index (χ0n) is 11.0. The van der Waals surface area contributed by atoms with Gasteiger partial charge in [0.05, 0.1) is 0 Å². The third-order valence-corrected chi connectivity index (χ3v) is 4.38. The smallest absolute Gasteiger partial charge is 0.130 e. The molecule has 0 unspecified atom stereocenters. The first-order chi connectivity index (χ1) is 10.1. The van der Waals surface area contributed by atoms with Gasteiger partial charge in [0.2, 0.25) is 0 Å². The van der Waals surface area contributed by atoms with E-state index in [1.165, 1.54) is 23.9 Å². The first kappa shape index (κ1) is 13.9. The molecule has 21 heavy (non-hydrogen) atoms. The van der Waals surface area contributed by atoms with Gasteiger partial charge in [0, 0.05) is 22.1 Å². The molecule has 0 fully saturated rings. The lowest BCUT2D eigenvalue weighted by molar-refractivity contribution is 0.481. The summed E-state index contributed by atoms with van der Waals surface area (Å²) in [5.74, 6) is -0.481. The molecule has 0 aliphatic heterocycles. The highest BCUT2D eigenvalue weighted by molar-refractivity contribution is 7.98. The van der Waals surface area contributed by atoms with E-state index in [2.05, 4.69) is 0 Å². The molecular formula is C17H12F2OS. The minimum Gasteiger partial charge on any atom is -0.507 e. The fourth-order valence-corrected chi connectivity index (χ4v) is 3.22. The predicted octanol–water partition coefficient (Wildman–Crippen LogP) is 5.12. The van der Waals surface area contributed by atoms with E-state index in [9.17, 15) is 13.9 Å². The number of aromatic hydroxyl groups is 1. The summed E-state index contributed by atoms with van der Waals surface area (Å²) in [5, 5.41) is 11.5. The van der Waals surface area contributed by atoms with E-state index in [0.29, 0.717) is 11.3 Å². The lowest BCUT2D eigenvalue weighted by atomic mass is 10.1. The number of thioether (sulfide) groups is 1. The molecule has 0 radical (unpaired) electrons. The molecule has 106 valence electrons. The van der Waals surface area contributed by atoms with E-state index < -0.39 is 11.6 Å². The van der Waals surface area contributed by atoms with Crippen molar-refractivity contribution in [2.24, 2.45) is 0 Å². The van der Waals surface area contributed by atoms with Crippen molar-refractivity contribution in [3.8, 4) is 5.75 Å². The van der Waals surface area contributed by atoms with E-state index in [1.54, 1.807) is 6.07 Å². The lowest BCUT2D eigenvalue weighted by Gasteiger charge is -2.08. The predicted molar refractivity (Wildman–Crippen MR) is 81.5 cm³/mol. The highest BCUT2D eigenvalue weighted by atomic mass is 32.2. The Morgan fingerprint density at radius 2 is 1.67 bits per heavy atom. The van der Waals surface area contributed by atoms with E-state index in [1.807, 2.05) is 30.3 Å². The zero-order chi connectivity index (χ0) is 14.8. The van der Waals surface area contributed by atoms with Crippen LogP contribution in [0.1, 0.15) is 5.56 Å². The van der Waals surface area contributed by atoms with Gasteiger partial charge in [0.15, 0.2) is 0 Å². The first-order valence-electron chi connectivity index (χ1n) is 6.42. The van der Waals surface area contributed by atoms with Crippen molar-refractivity contribution < 1.29 is 13.9 Å². The summed E-state index contributed by atoms with van der Waals surface area (Å²) in [5.41, 5.74) is 0.457. The Kier molecular flexibility index (Phi) is 3.80. The third-order valence-electron chi connectivity index (χ3n) is 3.26. The summed E-state index contributed by atoms with van der Waals surface area (Å²) in [6.45, 7) is 0. The highest BCUT2D eigenvalue weighted by Crippen LogP contribution is 2.35. The van der Waals surface area contributed by atoms with Crippen molar-refractivity contribution >= 4 is 22.5 Å². The molecule has 4 heteroatoms. The van der Waals surface area contributed by atoms with E-state index in [-0.39, 0.29) is 5.75 Å². The van der Waals surface area contributed by atoms with Gasteiger partial charge in [-0.15, -0.1) is 11.8 Å². The molecule has 0 aromatic heterocycles. The lowest BCUT2D eigenvalue weighted by Crippen LogP contribution is -1.89. The third kappa shape index (κ3) is 2.85. The molecule has 0 atom stereocenters. The van der Waals surface area contributed by atoms with Crippen LogP contribution in [0.15, 0.2) is 59.5 Å². The van der Waals surface area contributed by atoms with Gasteiger partial charge in [-0.25, -0.2) is 8.78 Å². The number of benzene rings is 3. The van der Waals surface area contributed by atoms with Crippen molar-refractivity contribution in [3.05, 3.63) is 71.8 Å². The Hall–Kier alpha value is -2.07. The summed E-state index contributed by atoms with van der Waals surface area (Å²) < 4.78 is 26.5. The van der Waals surface area contributed by atoms with Gasteiger partial charge in [-0.05, 0) is 29.1 Å². The Bertz CT molecular complexity index is 802. The van der Waals surface area contributed by atoms with Crippen LogP contribution < -0.4 is 0 Å². The topological polar surface area (TPSA) is 20.2 Å². The first-order valence-corrected chi connectivity index (χ1v) is 7.41. The second-order valence-electron chi connectivity index (χ2n) is 4.65. The fourth-order valence-electron chi connectivity index (χ4n) is 2.18. The van der Waals surface area contributed by atoms with Crippen LogP contribution in [-0.4, -0.2) is 5.11 Å². The van der Waals surface area contributed by atoms with Crippen molar-refractivity contribution in [1.29, 1.82) is 0 Å². The van der Waals surface area contributed by atoms with Gasteiger partial charge < -0.3 is 5.11 Å². The van der Waals surface area contributed by atoms with Crippen molar-refractivity contribution in [3.63, 3.8) is 0 Å². The average Bonchev–Trinajstić information content (AvgIpc) is 2.48. The van der Waals surface area contributed by atoms with Crippen LogP contribution in [0, 0.1) is 11.6 Å². The molecule has 0 heterocycles. The summed E-state index contributed by atoms with van der Waals surface area (Å²) >= 11 is 1.46. The second-order valence-corrected chi connectivity index (χ2v) is 5.67. The second kappa shape index (κ2) is 5.74. The summed E-state index contributed by atoms with van der Waals surface area (Å²) in [6.07, 6.45) is 0. The molecule has 0 spiro atoms. The molecule has 3 aromatic rings. The largest absolute Gasteiger partial charge is 0.507 e. The van der Waals surface area contributed by atoms with Gasteiger partial charge >= 0.3 is 0 Å². The number of phenolic OH excluding ortho intramolecular Hbond substituents is 1. The van der Waals surface area contributed by atoms with Crippen molar-refractivity contribution in [2.45, 2.75) is 10.6 Å². The van der Waals surface area contributed by atoms with Crippen LogP contribution in [0.4, 0.5) is 8.78 Å². The Labute approximate surface area is 125 Å². The van der Waals surface area contributed by atoms with E-state index in [0.717, 1.165) is 21.7 Å². The number of phenols is 1. The van der Waals surface area contributed by atoms with Crippen LogP contribution in [0.25, 0.3) is 10.8 Å². The number of fused-ring (bicyclic) bond motifs is 1. The maximum atomic E-state index is 13.6. The molecule has 0 aliphatic rings. The van der Waals surface area contributed by atoms with Crippen LogP contribution in [0.5, 0.6) is 5.75 Å². The molecule has 3 aromatic carbocycles. The van der Waals surface area contributed by atoms with Gasteiger partial charge in [0.25, 0.3) is 0 Å². The number of rotatable bonds is 3. The number of halogens is 2. The Morgan fingerprint density at radius 1 is 0.905 bits per heavy atom. The minimum atomic E-state index is -0.573. The normalized spacial score (nSPS) is 11.0. The maximum absolute atomic E-state index is 13.6. The number of hydrogen-bond donors (Lipinski definition) is 1. The van der Waals surface area contributed by atoms with Gasteiger partial charge in [-0.3, -0.25) is 0 Å². The molecule has 0 saturated heterocycles. The van der Waals surface area contributed by atoms with Crippen LogP contribution in [-0.2, 0) is 5.75 Å². The highest BCUT2D eigenvalue weighted by Gasteiger charge is 2.08. The molecule has 0 saturated carbocycles. The van der Waals surface area contributed by atoms with Crippen LogP contribution >= 0.6 is 11.8 Å². The maximum Gasteiger partial charge on any atom is 0.130 e. The Balaban J connectivity index is 1.90. The molecule has 1 nitrogen and oxygen atoms in total. The molecule has 1 N–H and O–H groups in total. The summed E-state index contributed by atoms with van der Waals surface area (Å²) in [4.78, 5) is 0.951. The summed E-state index contributed by atoms with van der Waals surface area (Å²) in [7, 11) is 0. The van der Waals surface area contributed by atoms with Crippen LogP contribution in [0.2, 0.25) is 0 Å². The molecule has 0 aliphatic carbocycles.